The van der Waals surface area contributed by atoms with Crippen LogP contribution in [0.3, 0.4) is 0 Å². The Labute approximate surface area is 114 Å². The van der Waals surface area contributed by atoms with Gasteiger partial charge in [-0.15, -0.1) is 0 Å². The molecule has 0 aliphatic carbocycles. The first-order valence-electron chi connectivity index (χ1n) is 6.07. The van der Waals surface area contributed by atoms with E-state index in [1.54, 1.807) is 11.8 Å². The van der Waals surface area contributed by atoms with E-state index in [0.717, 1.165) is 5.56 Å². The Balaban J connectivity index is 2.43. The lowest BCUT2D eigenvalue weighted by molar-refractivity contribution is -0.122. The summed E-state index contributed by atoms with van der Waals surface area (Å²) in [7, 11) is 0. The average molecular weight is 266 g/mol. The van der Waals surface area contributed by atoms with Crippen molar-refractivity contribution in [3.63, 3.8) is 0 Å². The number of thioether (sulfide) groups is 1. The number of nitrogens with two attached hydrogens (primary N) is 1. The lowest BCUT2D eigenvalue weighted by Crippen LogP contribution is -2.46. The standard InChI is InChI=1S/C14H22N2OS/c1-14(2,18-3)10-16-13(17)12(15)9-11-7-5-4-6-8-11/h4-8,12H,9-10,15H2,1-3H3,(H,16,17). The normalized spacial score (nSPS) is 13.1. The van der Waals surface area contributed by atoms with Gasteiger partial charge in [0.05, 0.1) is 6.04 Å². The van der Waals surface area contributed by atoms with Gasteiger partial charge in [-0.3, -0.25) is 4.79 Å². The summed E-state index contributed by atoms with van der Waals surface area (Å²) in [6, 6.07) is 9.35. The van der Waals surface area contributed by atoms with Crippen LogP contribution in [0.4, 0.5) is 0 Å². The van der Waals surface area contributed by atoms with Crippen molar-refractivity contribution < 1.29 is 4.79 Å². The van der Waals surface area contributed by atoms with E-state index in [9.17, 15) is 4.79 Å². The van der Waals surface area contributed by atoms with E-state index in [1.165, 1.54) is 0 Å². The molecule has 0 aliphatic rings. The van der Waals surface area contributed by atoms with Crippen molar-refractivity contribution in [2.45, 2.75) is 31.1 Å². The second kappa shape index (κ2) is 6.81. The minimum absolute atomic E-state index is 0.0438. The van der Waals surface area contributed by atoms with Crippen LogP contribution in [-0.4, -0.2) is 29.5 Å². The Morgan fingerprint density at radius 2 is 2.00 bits per heavy atom. The number of carbonyl (C=O) groups excluding carboxylic acids is 1. The predicted octanol–water partition coefficient (Wildman–Crippen LogP) is 1.81. The van der Waals surface area contributed by atoms with Gasteiger partial charge >= 0.3 is 0 Å². The van der Waals surface area contributed by atoms with Gasteiger partial charge in [-0.2, -0.15) is 11.8 Å². The van der Waals surface area contributed by atoms with Crippen molar-refractivity contribution in [3.05, 3.63) is 35.9 Å². The quantitative estimate of drug-likeness (QED) is 0.825. The molecule has 0 spiro atoms. The second-order valence-electron chi connectivity index (χ2n) is 4.98. The maximum Gasteiger partial charge on any atom is 0.237 e. The SMILES string of the molecule is CSC(C)(C)CNC(=O)C(N)Cc1ccccc1. The van der Waals surface area contributed by atoms with E-state index in [1.807, 2.05) is 36.6 Å². The highest BCUT2D eigenvalue weighted by atomic mass is 32.2. The molecule has 0 aliphatic heterocycles. The van der Waals surface area contributed by atoms with Gasteiger partial charge in [0.15, 0.2) is 0 Å². The second-order valence-corrected chi connectivity index (χ2v) is 6.49. The molecule has 100 valence electrons. The Kier molecular flexibility index (Phi) is 5.69. The summed E-state index contributed by atoms with van der Waals surface area (Å²) >= 11 is 1.73. The number of benzene rings is 1. The molecule has 1 unspecified atom stereocenters. The molecule has 0 saturated carbocycles. The molecule has 1 amide bonds. The zero-order valence-corrected chi connectivity index (χ0v) is 12.1. The van der Waals surface area contributed by atoms with Crippen molar-refractivity contribution in [1.29, 1.82) is 0 Å². The summed E-state index contributed by atoms with van der Waals surface area (Å²) in [5, 5.41) is 2.91. The predicted molar refractivity (Wildman–Crippen MR) is 78.7 cm³/mol. The number of hydrogen-bond acceptors (Lipinski definition) is 3. The van der Waals surface area contributed by atoms with Crippen LogP contribution in [0.2, 0.25) is 0 Å². The highest BCUT2D eigenvalue weighted by molar-refractivity contribution is 7.99. The Hall–Kier alpha value is -1.00. The summed E-state index contributed by atoms with van der Waals surface area (Å²) in [6.45, 7) is 4.83. The highest BCUT2D eigenvalue weighted by Crippen LogP contribution is 2.19. The van der Waals surface area contributed by atoms with Crippen molar-refractivity contribution in [2.24, 2.45) is 5.73 Å². The molecule has 0 aromatic heterocycles. The van der Waals surface area contributed by atoms with Gasteiger partial charge in [0.1, 0.15) is 0 Å². The molecule has 3 N–H and O–H groups in total. The molecule has 1 aromatic carbocycles. The van der Waals surface area contributed by atoms with Crippen molar-refractivity contribution >= 4 is 17.7 Å². The van der Waals surface area contributed by atoms with Crippen LogP contribution in [-0.2, 0) is 11.2 Å². The van der Waals surface area contributed by atoms with Gasteiger partial charge in [-0.05, 0) is 32.1 Å². The summed E-state index contributed by atoms with van der Waals surface area (Å²) in [5.74, 6) is -0.0824. The monoisotopic (exact) mass is 266 g/mol. The maximum absolute atomic E-state index is 11.9. The first-order chi connectivity index (χ1) is 8.44. The molecule has 0 bridgehead atoms. The molecule has 0 fully saturated rings. The first kappa shape index (κ1) is 15.1. The van der Waals surface area contributed by atoms with Gasteiger partial charge < -0.3 is 11.1 Å². The molecule has 0 radical (unpaired) electrons. The first-order valence-corrected chi connectivity index (χ1v) is 7.29. The third-order valence-electron chi connectivity index (χ3n) is 2.88. The van der Waals surface area contributed by atoms with E-state index in [2.05, 4.69) is 19.2 Å². The molecule has 1 atom stereocenters. The van der Waals surface area contributed by atoms with Gasteiger partial charge in [0.25, 0.3) is 0 Å². The van der Waals surface area contributed by atoms with Crippen LogP contribution in [0.15, 0.2) is 30.3 Å². The topological polar surface area (TPSA) is 55.1 Å². The lowest BCUT2D eigenvalue weighted by Gasteiger charge is -2.23. The minimum Gasteiger partial charge on any atom is -0.353 e. The van der Waals surface area contributed by atoms with Gasteiger partial charge in [0, 0.05) is 11.3 Å². The smallest absolute Gasteiger partial charge is 0.237 e. The number of amides is 1. The molecule has 1 rings (SSSR count). The molecule has 18 heavy (non-hydrogen) atoms. The third-order valence-corrected chi connectivity index (χ3v) is 4.13. The van der Waals surface area contributed by atoms with Crippen molar-refractivity contribution in [2.75, 3.05) is 12.8 Å². The van der Waals surface area contributed by atoms with Crippen molar-refractivity contribution in [1.82, 2.24) is 5.32 Å². The van der Waals surface area contributed by atoms with Crippen LogP contribution in [0.5, 0.6) is 0 Å². The van der Waals surface area contributed by atoms with Gasteiger partial charge in [-0.1, -0.05) is 30.3 Å². The Bertz CT molecular complexity index is 379. The molecule has 3 nitrogen and oxygen atoms in total. The summed E-state index contributed by atoms with van der Waals surface area (Å²) in [5.41, 5.74) is 6.99. The zero-order chi connectivity index (χ0) is 13.6. The summed E-state index contributed by atoms with van der Waals surface area (Å²) < 4.78 is 0.0438. The Morgan fingerprint density at radius 3 is 2.56 bits per heavy atom. The average Bonchev–Trinajstić information content (AvgIpc) is 2.37. The zero-order valence-electron chi connectivity index (χ0n) is 11.3. The number of rotatable bonds is 6. The summed E-state index contributed by atoms with van der Waals surface area (Å²) in [6.07, 6.45) is 2.61. The van der Waals surface area contributed by atoms with Gasteiger partial charge in [0.2, 0.25) is 5.91 Å². The Morgan fingerprint density at radius 1 is 1.39 bits per heavy atom. The molecule has 4 heteroatoms. The van der Waals surface area contributed by atoms with E-state index in [-0.39, 0.29) is 10.7 Å². The minimum atomic E-state index is -0.481. The van der Waals surface area contributed by atoms with E-state index in [0.29, 0.717) is 13.0 Å². The largest absolute Gasteiger partial charge is 0.353 e. The highest BCUT2D eigenvalue weighted by Gasteiger charge is 2.19. The van der Waals surface area contributed by atoms with Crippen LogP contribution >= 0.6 is 11.8 Å². The van der Waals surface area contributed by atoms with Crippen LogP contribution < -0.4 is 11.1 Å². The fourth-order valence-electron chi connectivity index (χ4n) is 1.46. The van der Waals surface area contributed by atoms with E-state index >= 15 is 0 Å². The van der Waals surface area contributed by atoms with E-state index < -0.39 is 6.04 Å². The fourth-order valence-corrected chi connectivity index (χ4v) is 1.68. The van der Waals surface area contributed by atoms with Crippen LogP contribution in [0.25, 0.3) is 0 Å². The third kappa shape index (κ3) is 5.10. The molecular weight excluding hydrogens is 244 g/mol. The van der Waals surface area contributed by atoms with Crippen molar-refractivity contribution in [3.8, 4) is 0 Å². The fraction of sp³-hybridized carbons (Fsp3) is 0.500. The molecule has 0 saturated heterocycles. The lowest BCUT2D eigenvalue weighted by atomic mass is 10.1. The maximum atomic E-state index is 11.9. The van der Waals surface area contributed by atoms with Crippen LogP contribution in [0.1, 0.15) is 19.4 Å². The number of carbonyl (C=O) groups is 1. The summed E-state index contributed by atoms with van der Waals surface area (Å²) in [4.78, 5) is 11.9. The molecule has 0 heterocycles. The van der Waals surface area contributed by atoms with E-state index in [4.69, 9.17) is 5.73 Å². The molecular formula is C14H22N2OS. The number of hydrogen-bond donors (Lipinski definition) is 2. The number of nitrogens with one attached hydrogen (secondary N) is 1. The molecule has 1 aromatic rings. The van der Waals surface area contributed by atoms with Crippen LogP contribution in [0, 0.1) is 0 Å². The van der Waals surface area contributed by atoms with Gasteiger partial charge in [-0.25, -0.2) is 0 Å².